The van der Waals surface area contributed by atoms with Crippen molar-refractivity contribution in [1.82, 2.24) is 14.6 Å². The maximum absolute atomic E-state index is 13.6. The van der Waals surface area contributed by atoms with E-state index in [4.69, 9.17) is 38.3 Å². The number of carbonyl (C=O) groups excluding carboxylic acids is 1. The van der Waals surface area contributed by atoms with E-state index in [2.05, 4.69) is 17.0 Å². The number of anilines is 1. The number of nitriles is 1. The fraction of sp³-hybridized carbons (Fsp3) is 0.778. The molecule has 5 atom stereocenters. The Morgan fingerprint density at radius 2 is 1.58 bits per heavy atom. The Labute approximate surface area is 313 Å². The van der Waals surface area contributed by atoms with Crippen LogP contribution in [0.2, 0.25) is 0 Å². The lowest BCUT2D eigenvalue weighted by atomic mass is 9.92. The van der Waals surface area contributed by atoms with Crippen LogP contribution in [0.15, 0.2) is 18.5 Å². The molecule has 3 heterocycles. The van der Waals surface area contributed by atoms with Crippen molar-refractivity contribution in [3.63, 3.8) is 0 Å². The maximum Gasteiger partial charge on any atom is 0.510 e. The van der Waals surface area contributed by atoms with E-state index in [1.54, 1.807) is 19.9 Å². The number of aliphatic hydroxyl groups is 2. The van der Waals surface area contributed by atoms with Gasteiger partial charge in [-0.25, -0.2) is 23.4 Å². The quantitative estimate of drug-likeness (QED) is 0.0354. The standard InChI is InChI=1S/C36H60N5O11P/c1-4-5-6-7-8-9-10-11-12-13-14-15-16-17-21-46-22-18-23-48-53(45,50-27-47-35(44)51-28(2)3)49-24-30-32(42)33(43)36(25-37,52-30)31-20-19-29-34(38)39-26-40-41(29)31/h19-20,26,28,30,32-33,42-43H,4-18,21-24,27H2,1-3H3,(H2,38,39,40)/t30-,32-,33-,36+,53?/m1/s1. The predicted octanol–water partition coefficient (Wildman–Crippen LogP) is 6.72. The Bertz CT molecular complexity index is 1440. The van der Waals surface area contributed by atoms with Crippen LogP contribution in [0.1, 0.15) is 123 Å². The number of rotatable bonds is 28. The number of hydrogen-bond acceptors (Lipinski definition) is 15. The molecule has 1 unspecified atom stereocenters. The number of ether oxygens (including phenoxy) is 4. The molecule has 0 aliphatic carbocycles. The number of hydrogen-bond donors (Lipinski definition) is 3. The number of phosphoric acid groups is 1. The van der Waals surface area contributed by atoms with Gasteiger partial charge in [0.1, 0.15) is 36.2 Å². The molecular weight excluding hydrogens is 709 g/mol. The summed E-state index contributed by atoms with van der Waals surface area (Å²) in [4.78, 5) is 15.7. The number of unbranched alkanes of at least 4 members (excludes halogenated alkanes) is 13. The van der Waals surface area contributed by atoms with E-state index in [0.717, 1.165) is 12.8 Å². The van der Waals surface area contributed by atoms with E-state index >= 15 is 0 Å². The molecule has 1 fully saturated rings. The molecule has 4 N–H and O–H groups in total. The number of phosphoric ester groups is 1. The van der Waals surface area contributed by atoms with Crippen molar-refractivity contribution in [2.24, 2.45) is 0 Å². The lowest BCUT2D eigenvalue weighted by Crippen LogP contribution is -2.41. The van der Waals surface area contributed by atoms with Gasteiger partial charge < -0.3 is 34.9 Å². The second kappa shape index (κ2) is 23.8. The van der Waals surface area contributed by atoms with Crippen molar-refractivity contribution in [3.8, 4) is 6.07 Å². The molecule has 1 saturated heterocycles. The first-order chi connectivity index (χ1) is 25.6. The Balaban J connectivity index is 1.40. The first-order valence-corrected chi connectivity index (χ1v) is 20.5. The second-order valence-electron chi connectivity index (χ2n) is 13.5. The zero-order valence-electron chi connectivity index (χ0n) is 31.6. The zero-order valence-corrected chi connectivity index (χ0v) is 32.5. The van der Waals surface area contributed by atoms with Crippen molar-refractivity contribution >= 4 is 25.3 Å². The molecule has 0 spiro atoms. The molecule has 0 aromatic carbocycles. The van der Waals surface area contributed by atoms with Crippen LogP contribution in [0.5, 0.6) is 0 Å². The van der Waals surface area contributed by atoms with Gasteiger partial charge in [-0.1, -0.05) is 90.4 Å². The van der Waals surface area contributed by atoms with E-state index < -0.39 is 57.4 Å². The fourth-order valence-corrected chi connectivity index (χ4v) is 7.12. The molecule has 2 aromatic heterocycles. The number of nitrogen functional groups attached to an aromatic ring is 1. The Morgan fingerprint density at radius 3 is 2.21 bits per heavy atom. The number of nitrogens with zero attached hydrogens (tertiary/aromatic N) is 4. The van der Waals surface area contributed by atoms with Crippen LogP contribution in [0.25, 0.3) is 5.52 Å². The van der Waals surface area contributed by atoms with Crippen LogP contribution in [0.3, 0.4) is 0 Å². The summed E-state index contributed by atoms with van der Waals surface area (Å²) in [5.74, 6) is 0.127. The summed E-state index contributed by atoms with van der Waals surface area (Å²) in [6.07, 6.45) is 13.1. The van der Waals surface area contributed by atoms with Crippen LogP contribution in [0.4, 0.5) is 10.6 Å². The Kier molecular flexibility index (Phi) is 20.0. The maximum atomic E-state index is 13.6. The third-order valence-electron chi connectivity index (χ3n) is 8.93. The predicted molar refractivity (Wildman–Crippen MR) is 195 cm³/mol. The molecule has 1 aliphatic rings. The van der Waals surface area contributed by atoms with Crippen LogP contribution in [-0.4, -0.2) is 88.6 Å². The van der Waals surface area contributed by atoms with Gasteiger partial charge in [0.05, 0.1) is 25.0 Å². The summed E-state index contributed by atoms with van der Waals surface area (Å²) in [6.45, 7) is 4.90. The van der Waals surface area contributed by atoms with E-state index in [1.807, 2.05) is 6.07 Å². The first-order valence-electron chi connectivity index (χ1n) is 19.1. The smallest absolute Gasteiger partial charge is 0.432 e. The second-order valence-corrected chi connectivity index (χ2v) is 15.2. The lowest BCUT2D eigenvalue weighted by molar-refractivity contribution is -0.0692. The van der Waals surface area contributed by atoms with Crippen molar-refractivity contribution in [2.45, 2.75) is 147 Å². The summed E-state index contributed by atoms with van der Waals surface area (Å²) in [6, 6.07) is 4.93. The molecule has 300 valence electrons. The minimum Gasteiger partial charge on any atom is -0.432 e. The number of nitrogens with two attached hydrogens (primary N) is 1. The molecule has 0 bridgehead atoms. The topological polar surface area (TPSA) is 219 Å². The Morgan fingerprint density at radius 1 is 0.962 bits per heavy atom. The molecule has 2 aromatic rings. The van der Waals surface area contributed by atoms with E-state index in [1.165, 1.54) is 94.0 Å². The number of fused-ring (bicyclic) bond motifs is 1. The third kappa shape index (κ3) is 14.4. The monoisotopic (exact) mass is 769 g/mol. The minimum absolute atomic E-state index is 0.0833. The van der Waals surface area contributed by atoms with Gasteiger partial charge in [-0.2, -0.15) is 10.4 Å². The van der Waals surface area contributed by atoms with Crippen LogP contribution in [0, 0.1) is 11.3 Å². The Hall–Kier alpha value is -2.87. The lowest BCUT2D eigenvalue weighted by Gasteiger charge is -2.24. The molecule has 3 rings (SSSR count). The van der Waals surface area contributed by atoms with Gasteiger partial charge in [-0.3, -0.25) is 9.05 Å². The highest BCUT2D eigenvalue weighted by molar-refractivity contribution is 7.48. The van der Waals surface area contributed by atoms with Crippen LogP contribution >= 0.6 is 7.82 Å². The first kappa shape index (κ1) is 44.5. The normalized spacial score (nSPS) is 21.2. The molecule has 16 nitrogen and oxygen atoms in total. The zero-order chi connectivity index (χ0) is 38.5. The van der Waals surface area contributed by atoms with Gasteiger partial charge in [0, 0.05) is 13.2 Å². The fourth-order valence-electron chi connectivity index (χ4n) is 6.03. The minimum atomic E-state index is -4.44. The van der Waals surface area contributed by atoms with E-state index in [-0.39, 0.29) is 18.1 Å². The summed E-state index contributed by atoms with van der Waals surface area (Å²) < 4.78 is 52.3. The van der Waals surface area contributed by atoms with Gasteiger partial charge in [0.2, 0.25) is 12.4 Å². The molecule has 1 aliphatic heterocycles. The summed E-state index contributed by atoms with van der Waals surface area (Å²) in [7, 11) is -4.44. The highest BCUT2D eigenvalue weighted by atomic mass is 31.2. The molecule has 0 radical (unpaired) electrons. The molecule has 0 saturated carbocycles. The van der Waals surface area contributed by atoms with Gasteiger partial charge in [0.25, 0.3) is 0 Å². The summed E-state index contributed by atoms with van der Waals surface area (Å²) in [5.41, 5.74) is 4.25. The summed E-state index contributed by atoms with van der Waals surface area (Å²) in [5, 5.41) is 36.1. The number of carbonyl (C=O) groups is 1. The average molecular weight is 770 g/mol. The average Bonchev–Trinajstić information content (AvgIpc) is 3.68. The van der Waals surface area contributed by atoms with Crippen molar-refractivity contribution < 1.29 is 52.1 Å². The SMILES string of the molecule is CCCCCCCCCCCCCCCCOCCCOP(=O)(OCOC(=O)OC(C)C)OC[C@H]1O[C@@](C#N)(c2ccc3c(N)ncnn23)[C@H](O)[C@@H]1O. The van der Waals surface area contributed by atoms with Gasteiger partial charge in [0.15, 0.2) is 5.82 Å². The highest BCUT2D eigenvalue weighted by Gasteiger charge is 2.58. The number of aromatic nitrogens is 3. The molecule has 0 amide bonds. The van der Waals surface area contributed by atoms with Crippen LogP contribution < -0.4 is 5.73 Å². The van der Waals surface area contributed by atoms with Crippen molar-refractivity contribution in [1.29, 1.82) is 5.26 Å². The van der Waals surface area contributed by atoms with Crippen molar-refractivity contribution in [2.75, 3.05) is 39.0 Å². The van der Waals surface area contributed by atoms with Gasteiger partial charge in [-0.15, -0.1) is 0 Å². The van der Waals surface area contributed by atoms with Gasteiger partial charge >= 0.3 is 14.0 Å². The van der Waals surface area contributed by atoms with Crippen LogP contribution in [-0.2, 0) is 42.7 Å². The summed E-state index contributed by atoms with van der Waals surface area (Å²) >= 11 is 0. The van der Waals surface area contributed by atoms with E-state index in [0.29, 0.717) is 25.2 Å². The third-order valence-corrected chi connectivity index (χ3v) is 10.3. The highest BCUT2D eigenvalue weighted by Crippen LogP contribution is 2.51. The largest absolute Gasteiger partial charge is 0.510 e. The van der Waals surface area contributed by atoms with Gasteiger partial charge in [-0.05, 0) is 38.8 Å². The molecular formula is C36H60N5O11P. The molecule has 17 heteroatoms. The van der Waals surface area contributed by atoms with Crippen molar-refractivity contribution in [3.05, 3.63) is 24.2 Å². The number of aliphatic hydroxyl groups excluding tert-OH is 2. The molecule has 53 heavy (non-hydrogen) atoms. The van der Waals surface area contributed by atoms with E-state index in [9.17, 15) is 24.8 Å².